The van der Waals surface area contributed by atoms with Crippen LogP contribution in [-0.4, -0.2) is 11.7 Å². The van der Waals surface area contributed by atoms with Crippen LogP contribution in [0.4, 0.5) is 4.39 Å². The zero-order chi connectivity index (χ0) is 14.5. The largest absolute Gasteiger partial charge is 0.396 e. The molecule has 0 amide bonds. The standard InChI is InChI=1S/C16H15Br2FO/c17-14-5-6-16(19)13(9-14)8-11(10-20)7-12-3-1-2-4-15(12)18/h1-6,9,11,20H,7-8,10H2. The summed E-state index contributed by atoms with van der Waals surface area (Å²) in [6.07, 6.45) is 1.23. The number of aliphatic hydroxyl groups excluding tert-OH is 1. The fourth-order valence-electron chi connectivity index (χ4n) is 2.19. The van der Waals surface area contributed by atoms with Gasteiger partial charge in [0, 0.05) is 15.6 Å². The Morgan fingerprint density at radius 1 is 1.00 bits per heavy atom. The maximum Gasteiger partial charge on any atom is 0.126 e. The van der Waals surface area contributed by atoms with Gasteiger partial charge in [-0.2, -0.15) is 0 Å². The van der Waals surface area contributed by atoms with Gasteiger partial charge in [0.1, 0.15) is 5.82 Å². The third kappa shape index (κ3) is 4.14. The van der Waals surface area contributed by atoms with Crippen LogP contribution in [0.15, 0.2) is 51.4 Å². The minimum atomic E-state index is -0.223. The molecule has 1 unspecified atom stereocenters. The quantitative estimate of drug-likeness (QED) is 0.766. The van der Waals surface area contributed by atoms with Gasteiger partial charge in [0.2, 0.25) is 0 Å². The summed E-state index contributed by atoms with van der Waals surface area (Å²) in [7, 11) is 0. The van der Waals surface area contributed by atoms with E-state index in [1.54, 1.807) is 12.1 Å². The molecule has 0 radical (unpaired) electrons. The molecule has 0 aromatic heterocycles. The molecule has 20 heavy (non-hydrogen) atoms. The van der Waals surface area contributed by atoms with E-state index in [4.69, 9.17) is 0 Å². The Balaban J connectivity index is 2.13. The van der Waals surface area contributed by atoms with E-state index in [1.807, 2.05) is 24.3 Å². The van der Waals surface area contributed by atoms with E-state index in [0.717, 1.165) is 14.5 Å². The molecule has 2 aromatic rings. The van der Waals surface area contributed by atoms with Gasteiger partial charge in [-0.15, -0.1) is 0 Å². The van der Waals surface area contributed by atoms with Gasteiger partial charge in [-0.1, -0.05) is 50.1 Å². The number of aliphatic hydroxyl groups is 1. The van der Waals surface area contributed by atoms with Crippen molar-refractivity contribution in [1.29, 1.82) is 0 Å². The number of benzene rings is 2. The smallest absolute Gasteiger partial charge is 0.126 e. The molecule has 0 spiro atoms. The number of hydrogen-bond donors (Lipinski definition) is 1. The van der Waals surface area contributed by atoms with Crippen molar-refractivity contribution in [2.24, 2.45) is 5.92 Å². The Kier molecular flexibility index (Phi) is 5.75. The van der Waals surface area contributed by atoms with Crippen molar-refractivity contribution in [2.45, 2.75) is 12.8 Å². The predicted octanol–water partition coefficient (Wildman–Crippen LogP) is 4.74. The molecule has 0 saturated heterocycles. The number of rotatable bonds is 5. The minimum Gasteiger partial charge on any atom is -0.396 e. The van der Waals surface area contributed by atoms with Crippen molar-refractivity contribution < 1.29 is 9.50 Å². The monoisotopic (exact) mass is 400 g/mol. The summed E-state index contributed by atoms with van der Waals surface area (Å²) in [5, 5.41) is 9.55. The van der Waals surface area contributed by atoms with Crippen LogP contribution < -0.4 is 0 Å². The third-order valence-corrected chi connectivity index (χ3v) is 4.51. The molecule has 0 aliphatic heterocycles. The Morgan fingerprint density at radius 2 is 1.70 bits per heavy atom. The van der Waals surface area contributed by atoms with Crippen LogP contribution in [-0.2, 0) is 12.8 Å². The summed E-state index contributed by atoms with van der Waals surface area (Å²) in [4.78, 5) is 0. The Labute approximate surface area is 135 Å². The highest BCUT2D eigenvalue weighted by Crippen LogP contribution is 2.23. The van der Waals surface area contributed by atoms with Gasteiger partial charge in [-0.3, -0.25) is 0 Å². The van der Waals surface area contributed by atoms with Gasteiger partial charge in [0.15, 0.2) is 0 Å². The molecule has 106 valence electrons. The molecule has 0 fully saturated rings. The van der Waals surface area contributed by atoms with Crippen molar-refractivity contribution in [2.75, 3.05) is 6.61 Å². The highest BCUT2D eigenvalue weighted by atomic mass is 79.9. The molecule has 0 aliphatic carbocycles. The summed E-state index contributed by atoms with van der Waals surface area (Å²) >= 11 is 6.85. The lowest BCUT2D eigenvalue weighted by molar-refractivity contribution is 0.224. The number of halogens is 3. The summed E-state index contributed by atoms with van der Waals surface area (Å²) in [5.41, 5.74) is 1.76. The van der Waals surface area contributed by atoms with Gasteiger partial charge in [-0.05, 0) is 54.2 Å². The maximum absolute atomic E-state index is 13.8. The first kappa shape index (κ1) is 15.7. The normalized spacial score (nSPS) is 12.4. The SMILES string of the molecule is OCC(Cc1cc(Br)ccc1F)Cc1ccccc1Br. The van der Waals surface area contributed by atoms with Crippen molar-refractivity contribution in [3.05, 3.63) is 68.4 Å². The molecule has 1 atom stereocenters. The molecule has 0 aliphatic rings. The first-order chi connectivity index (χ1) is 9.60. The predicted molar refractivity (Wildman–Crippen MR) is 86.2 cm³/mol. The van der Waals surface area contributed by atoms with Crippen molar-refractivity contribution in [1.82, 2.24) is 0 Å². The van der Waals surface area contributed by atoms with Crippen molar-refractivity contribution >= 4 is 31.9 Å². The van der Waals surface area contributed by atoms with Crippen LogP contribution in [0.25, 0.3) is 0 Å². The zero-order valence-electron chi connectivity index (χ0n) is 10.8. The fraction of sp³-hybridized carbons (Fsp3) is 0.250. The summed E-state index contributed by atoms with van der Waals surface area (Å²) in [6, 6.07) is 12.8. The third-order valence-electron chi connectivity index (χ3n) is 3.24. The maximum atomic E-state index is 13.8. The van der Waals surface area contributed by atoms with E-state index in [-0.39, 0.29) is 18.3 Å². The fourth-order valence-corrected chi connectivity index (χ4v) is 3.04. The first-order valence-electron chi connectivity index (χ1n) is 6.38. The highest BCUT2D eigenvalue weighted by Gasteiger charge is 2.14. The molecule has 1 N–H and O–H groups in total. The van der Waals surface area contributed by atoms with E-state index < -0.39 is 0 Å². The van der Waals surface area contributed by atoms with Gasteiger partial charge in [0.05, 0.1) is 0 Å². The van der Waals surface area contributed by atoms with Crippen molar-refractivity contribution in [3.63, 3.8) is 0 Å². The molecule has 2 rings (SSSR count). The molecule has 4 heteroatoms. The van der Waals surface area contributed by atoms with Crippen LogP contribution in [0.1, 0.15) is 11.1 Å². The van der Waals surface area contributed by atoms with Crippen LogP contribution in [0.3, 0.4) is 0 Å². The molecule has 2 aromatic carbocycles. The van der Waals surface area contributed by atoms with Crippen LogP contribution >= 0.6 is 31.9 Å². The van der Waals surface area contributed by atoms with Gasteiger partial charge < -0.3 is 5.11 Å². The molecule has 0 saturated carbocycles. The van der Waals surface area contributed by atoms with E-state index in [9.17, 15) is 9.50 Å². The van der Waals surface area contributed by atoms with E-state index >= 15 is 0 Å². The molecule has 0 bridgehead atoms. The first-order valence-corrected chi connectivity index (χ1v) is 7.97. The Bertz CT molecular complexity index is 586. The highest BCUT2D eigenvalue weighted by molar-refractivity contribution is 9.10. The van der Waals surface area contributed by atoms with E-state index in [0.29, 0.717) is 18.4 Å². The number of hydrogen-bond acceptors (Lipinski definition) is 1. The van der Waals surface area contributed by atoms with E-state index in [2.05, 4.69) is 31.9 Å². The average Bonchev–Trinajstić information content (AvgIpc) is 2.44. The van der Waals surface area contributed by atoms with Gasteiger partial charge in [0.25, 0.3) is 0 Å². The molecule has 0 heterocycles. The second kappa shape index (κ2) is 7.34. The Hall–Kier alpha value is -0.710. The summed E-state index contributed by atoms with van der Waals surface area (Å²) in [6.45, 7) is 0.0350. The van der Waals surface area contributed by atoms with Gasteiger partial charge in [-0.25, -0.2) is 4.39 Å². The lowest BCUT2D eigenvalue weighted by Gasteiger charge is -2.16. The van der Waals surface area contributed by atoms with E-state index in [1.165, 1.54) is 6.07 Å². The zero-order valence-corrected chi connectivity index (χ0v) is 14.0. The van der Waals surface area contributed by atoms with Gasteiger partial charge >= 0.3 is 0 Å². The second-order valence-corrected chi connectivity index (χ2v) is 6.55. The van der Waals surface area contributed by atoms with Crippen molar-refractivity contribution in [3.8, 4) is 0 Å². The lowest BCUT2D eigenvalue weighted by atomic mass is 9.93. The van der Waals surface area contributed by atoms with Crippen LogP contribution in [0.2, 0.25) is 0 Å². The average molecular weight is 402 g/mol. The lowest BCUT2D eigenvalue weighted by Crippen LogP contribution is -2.14. The second-order valence-electron chi connectivity index (χ2n) is 4.78. The minimum absolute atomic E-state index is 0.00231. The molecular formula is C16H15Br2FO. The Morgan fingerprint density at radius 3 is 2.40 bits per heavy atom. The van der Waals surface area contributed by atoms with Crippen LogP contribution in [0, 0.1) is 11.7 Å². The topological polar surface area (TPSA) is 20.2 Å². The summed E-state index contributed by atoms with van der Waals surface area (Å²) in [5.74, 6) is -0.226. The molecular weight excluding hydrogens is 387 g/mol. The summed E-state index contributed by atoms with van der Waals surface area (Å²) < 4.78 is 15.6. The molecule has 1 nitrogen and oxygen atoms in total. The van der Waals surface area contributed by atoms with Crippen LogP contribution in [0.5, 0.6) is 0 Å².